The normalized spacial score (nSPS) is 20.5. The fourth-order valence-corrected chi connectivity index (χ4v) is 5.00. The fraction of sp³-hybridized carbons (Fsp3) is 0.571. The minimum absolute atomic E-state index is 0.0137. The van der Waals surface area contributed by atoms with E-state index in [1.165, 1.54) is 18.2 Å². The highest BCUT2D eigenvalue weighted by Crippen LogP contribution is 2.31. The SMILES string of the molecule is O=C(CSc1nc2ccccc2c(=O)n1C1CCCCC1)NC[C@@H]1CCCO1. The topological polar surface area (TPSA) is 73.2 Å². The van der Waals surface area contributed by atoms with E-state index in [4.69, 9.17) is 9.72 Å². The molecule has 1 aromatic carbocycles. The van der Waals surface area contributed by atoms with Gasteiger partial charge in [-0.3, -0.25) is 14.2 Å². The van der Waals surface area contributed by atoms with E-state index in [1.54, 1.807) is 0 Å². The van der Waals surface area contributed by atoms with Crippen molar-refractivity contribution in [2.45, 2.75) is 62.2 Å². The largest absolute Gasteiger partial charge is 0.376 e. The van der Waals surface area contributed by atoms with Crippen LogP contribution in [0.5, 0.6) is 0 Å². The van der Waals surface area contributed by atoms with E-state index in [0.29, 0.717) is 22.6 Å². The van der Waals surface area contributed by atoms with Crippen LogP contribution in [0.2, 0.25) is 0 Å². The number of carbonyl (C=O) groups is 1. The zero-order chi connectivity index (χ0) is 19.3. The third-order valence-electron chi connectivity index (χ3n) is 5.60. The summed E-state index contributed by atoms with van der Waals surface area (Å²) in [5.74, 6) is 0.211. The molecule has 4 rings (SSSR count). The van der Waals surface area contributed by atoms with E-state index in [9.17, 15) is 9.59 Å². The molecule has 6 nitrogen and oxygen atoms in total. The van der Waals surface area contributed by atoms with Gasteiger partial charge in [0.1, 0.15) is 0 Å². The highest BCUT2D eigenvalue weighted by atomic mass is 32.2. The van der Waals surface area contributed by atoms with Gasteiger partial charge >= 0.3 is 0 Å². The van der Waals surface area contributed by atoms with Gasteiger partial charge in [0.25, 0.3) is 5.56 Å². The Hall–Kier alpha value is -1.86. The molecule has 1 aliphatic carbocycles. The van der Waals surface area contributed by atoms with E-state index >= 15 is 0 Å². The molecule has 0 spiro atoms. The first-order chi connectivity index (χ1) is 13.7. The first-order valence-electron chi connectivity index (χ1n) is 10.2. The smallest absolute Gasteiger partial charge is 0.262 e. The molecule has 1 aromatic heterocycles. The quantitative estimate of drug-likeness (QED) is 0.594. The van der Waals surface area contributed by atoms with Crippen LogP contribution in [0.25, 0.3) is 10.9 Å². The first-order valence-corrected chi connectivity index (χ1v) is 11.2. The van der Waals surface area contributed by atoms with Crippen LogP contribution in [0.15, 0.2) is 34.2 Å². The molecule has 7 heteroatoms. The Bertz CT molecular complexity index is 886. The van der Waals surface area contributed by atoms with Crippen LogP contribution in [0, 0.1) is 0 Å². The summed E-state index contributed by atoms with van der Waals surface area (Å²) >= 11 is 1.36. The summed E-state index contributed by atoms with van der Waals surface area (Å²) in [6, 6.07) is 7.65. The number of aromatic nitrogens is 2. The van der Waals surface area contributed by atoms with Crippen LogP contribution in [0.4, 0.5) is 0 Å². The number of nitrogens with zero attached hydrogens (tertiary/aromatic N) is 2. The molecule has 28 heavy (non-hydrogen) atoms. The summed E-state index contributed by atoms with van der Waals surface area (Å²) in [6.07, 6.45) is 7.68. The summed E-state index contributed by atoms with van der Waals surface area (Å²) in [6.45, 7) is 1.34. The number of fused-ring (bicyclic) bond motifs is 1. The van der Waals surface area contributed by atoms with Crippen molar-refractivity contribution < 1.29 is 9.53 Å². The summed E-state index contributed by atoms with van der Waals surface area (Å²) in [5.41, 5.74) is 0.710. The van der Waals surface area contributed by atoms with Gasteiger partial charge in [-0.1, -0.05) is 43.2 Å². The number of hydrogen-bond donors (Lipinski definition) is 1. The second-order valence-corrected chi connectivity index (χ2v) is 8.55. The van der Waals surface area contributed by atoms with Crippen LogP contribution >= 0.6 is 11.8 Å². The van der Waals surface area contributed by atoms with Crippen LogP contribution in [-0.2, 0) is 9.53 Å². The van der Waals surface area contributed by atoms with Crippen molar-refractivity contribution in [3.05, 3.63) is 34.6 Å². The zero-order valence-electron chi connectivity index (χ0n) is 16.1. The Labute approximate surface area is 169 Å². The highest BCUT2D eigenvalue weighted by molar-refractivity contribution is 7.99. The molecule has 0 radical (unpaired) electrons. The lowest BCUT2D eigenvalue weighted by atomic mass is 9.95. The van der Waals surface area contributed by atoms with Gasteiger partial charge in [0.15, 0.2) is 5.16 Å². The Morgan fingerprint density at radius 1 is 1.18 bits per heavy atom. The number of amides is 1. The van der Waals surface area contributed by atoms with Gasteiger partial charge in [-0.15, -0.1) is 0 Å². The molecule has 1 saturated heterocycles. The van der Waals surface area contributed by atoms with Gasteiger partial charge in [-0.25, -0.2) is 4.98 Å². The minimum Gasteiger partial charge on any atom is -0.376 e. The molecule has 1 saturated carbocycles. The number of rotatable bonds is 6. The Morgan fingerprint density at radius 2 is 2.00 bits per heavy atom. The molecule has 2 heterocycles. The summed E-state index contributed by atoms with van der Waals surface area (Å²) in [4.78, 5) is 30.2. The average molecular weight is 402 g/mol. The third kappa shape index (κ3) is 4.41. The predicted octanol–water partition coefficient (Wildman–Crippen LogP) is 3.29. The highest BCUT2D eigenvalue weighted by Gasteiger charge is 2.22. The number of thioether (sulfide) groups is 1. The predicted molar refractivity (Wildman–Crippen MR) is 111 cm³/mol. The van der Waals surface area contributed by atoms with Crippen molar-refractivity contribution in [2.75, 3.05) is 18.9 Å². The van der Waals surface area contributed by atoms with Crippen LogP contribution in [0.3, 0.4) is 0 Å². The van der Waals surface area contributed by atoms with Crippen LogP contribution < -0.4 is 10.9 Å². The van der Waals surface area contributed by atoms with E-state index in [-0.39, 0.29) is 29.4 Å². The second kappa shape index (κ2) is 9.09. The number of ether oxygens (including phenoxy) is 1. The maximum absolute atomic E-state index is 13.2. The molecule has 2 fully saturated rings. The first kappa shape index (κ1) is 19.5. The summed E-state index contributed by atoms with van der Waals surface area (Å²) in [7, 11) is 0. The van der Waals surface area contributed by atoms with E-state index in [0.717, 1.165) is 45.1 Å². The average Bonchev–Trinajstić information content (AvgIpc) is 3.25. The van der Waals surface area contributed by atoms with Crippen molar-refractivity contribution >= 4 is 28.6 Å². The molecule has 1 atom stereocenters. The lowest BCUT2D eigenvalue weighted by Gasteiger charge is -2.26. The molecule has 1 amide bonds. The molecule has 0 bridgehead atoms. The van der Waals surface area contributed by atoms with Crippen molar-refractivity contribution in [1.29, 1.82) is 0 Å². The second-order valence-electron chi connectivity index (χ2n) is 7.61. The lowest BCUT2D eigenvalue weighted by Crippen LogP contribution is -2.33. The monoisotopic (exact) mass is 401 g/mol. The number of hydrogen-bond acceptors (Lipinski definition) is 5. The van der Waals surface area contributed by atoms with Gasteiger partial charge in [0.05, 0.1) is 22.8 Å². The summed E-state index contributed by atoms with van der Waals surface area (Å²) < 4.78 is 7.40. The standard InChI is InChI=1S/C21H27N3O3S/c25-19(22-13-16-9-6-12-27-16)14-28-21-23-18-11-5-4-10-17(18)20(26)24(21)15-7-2-1-3-8-15/h4-5,10-11,15-16H,1-3,6-9,12-14H2,(H,22,25)/t16-/m0/s1. The van der Waals surface area contributed by atoms with Crippen molar-refractivity contribution in [3.8, 4) is 0 Å². The van der Waals surface area contributed by atoms with Crippen molar-refractivity contribution in [2.24, 2.45) is 0 Å². The molecule has 0 unspecified atom stereocenters. The number of benzene rings is 1. The van der Waals surface area contributed by atoms with Crippen LogP contribution in [0.1, 0.15) is 51.0 Å². The van der Waals surface area contributed by atoms with Crippen molar-refractivity contribution in [1.82, 2.24) is 14.9 Å². The molecule has 150 valence electrons. The zero-order valence-corrected chi connectivity index (χ0v) is 16.9. The van der Waals surface area contributed by atoms with Gasteiger partial charge in [-0.2, -0.15) is 0 Å². The Balaban J connectivity index is 1.52. The van der Waals surface area contributed by atoms with Gasteiger partial charge in [-0.05, 0) is 37.8 Å². The molecule has 1 N–H and O–H groups in total. The third-order valence-corrected chi connectivity index (χ3v) is 6.55. The lowest BCUT2D eigenvalue weighted by molar-refractivity contribution is -0.119. The Morgan fingerprint density at radius 3 is 2.79 bits per heavy atom. The number of nitrogens with one attached hydrogen (secondary N) is 1. The molecule has 2 aromatic rings. The molecule has 1 aliphatic heterocycles. The maximum atomic E-state index is 13.2. The van der Waals surface area contributed by atoms with E-state index in [1.807, 2.05) is 28.8 Å². The molecular formula is C21H27N3O3S. The Kier molecular flexibility index (Phi) is 6.32. The number of para-hydroxylation sites is 1. The van der Waals surface area contributed by atoms with Gasteiger partial charge in [0, 0.05) is 19.2 Å². The fourth-order valence-electron chi connectivity index (χ4n) is 4.10. The van der Waals surface area contributed by atoms with Crippen molar-refractivity contribution in [3.63, 3.8) is 0 Å². The summed E-state index contributed by atoms with van der Waals surface area (Å²) in [5, 5.41) is 4.25. The molecule has 2 aliphatic rings. The minimum atomic E-state index is -0.0434. The van der Waals surface area contributed by atoms with E-state index in [2.05, 4.69) is 5.32 Å². The maximum Gasteiger partial charge on any atom is 0.262 e. The van der Waals surface area contributed by atoms with E-state index < -0.39 is 0 Å². The van der Waals surface area contributed by atoms with Crippen LogP contribution in [-0.4, -0.2) is 40.5 Å². The van der Waals surface area contributed by atoms with Gasteiger partial charge < -0.3 is 10.1 Å². The number of carbonyl (C=O) groups excluding carboxylic acids is 1. The molecular weight excluding hydrogens is 374 g/mol. The van der Waals surface area contributed by atoms with Gasteiger partial charge in [0.2, 0.25) is 5.91 Å².